The first-order chi connectivity index (χ1) is 15.7. The van der Waals surface area contributed by atoms with Crippen LogP contribution in [0, 0.1) is 6.92 Å². The van der Waals surface area contributed by atoms with Crippen molar-refractivity contribution in [1.29, 1.82) is 0 Å². The highest BCUT2D eigenvalue weighted by Crippen LogP contribution is 2.33. The highest BCUT2D eigenvalue weighted by atomic mass is 32.1. The Balaban J connectivity index is 1.47. The van der Waals surface area contributed by atoms with E-state index in [0.29, 0.717) is 10.1 Å². The number of aryl methyl sites for hydroxylation is 1. The van der Waals surface area contributed by atoms with Crippen LogP contribution in [0.5, 0.6) is 0 Å². The lowest BCUT2D eigenvalue weighted by Crippen LogP contribution is -2.16. The number of pyridine rings is 2. The molecule has 32 heavy (non-hydrogen) atoms. The second-order valence-corrected chi connectivity index (χ2v) is 8.26. The van der Waals surface area contributed by atoms with Gasteiger partial charge in [0.25, 0.3) is 0 Å². The number of para-hydroxylation sites is 1. The molecule has 7 heteroatoms. The Bertz CT molecular complexity index is 1400. The van der Waals surface area contributed by atoms with Crippen molar-refractivity contribution >= 4 is 33.3 Å². The SMILES string of the molecule is Cc1nc2ccccc2c(-c2ccccc2)c1CC(=O)Nc1nnc(-c2ccccn2)s1. The molecule has 0 atom stereocenters. The molecule has 6 nitrogen and oxygen atoms in total. The Hall–Kier alpha value is -3.97. The van der Waals surface area contributed by atoms with Gasteiger partial charge >= 0.3 is 0 Å². The van der Waals surface area contributed by atoms with Gasteiger partial charge in [-0.15, -0.1) is 10.2 Å². The maximum Gasteiger partial charge on any atom is 0.230 e. The van der Waals surface area contributed by atoms with Crippen molar-refractivity contribution in [2.45, 2.75) is 13.3 Å². The topological polar surface area (TPSA) is 80.7 Å². The minimum Gasteiger partial charge on any atom is -0.300 e. The normalized spacial score (nSPS) is 10.9. The van der Waals surface area contributed by atoms with Gasteiger partial charge in [0.1, 0.15) is 5.69 Å². The molecule has 3 aromatic heterocycles. The molecule has 3 heterocycles. The molecular formula is C25H19N5OS. The third kappa shape index (κ3) is 3.98. The second kappa shape index (κ2) is 8.64. The number of fused-ring (bicyclic) bond motifs is 1. The van der Waals surface area contributed by atoms with Crippen LogP contribution in [0.1, 0.15) is 11.3 Å². The van der Waals surface area contributed by atoms with Gasteiger partial charge < -0.3 is 5.32 Å². The van der Waals surface area contributed by atoms with E-state index in [9.17, 15) is 4.79 Å². The fourth-order valence-electron chi connectivity index (χ4n) is 3.72. The first kappa shape index (κ1) is 20.0. The van der Waals surface area contributed by atoms with Crippen molar-refractivity contribution in [1.82, 2.24) is 20.2 Å². The zero-order chi connectivity index (χ0) is 21.9. The van der Waals surface area contributed by atoms with Crippen molar-refractivity contribution < 1.29 is 4.79 Å². The van der Waals surface area contributed by atoms with Crippen LogP contribution in [0.2, 0.25) is 0 Å². The molecule has 0 radical (unpaired) electrons. The summed E-state index contributed by atoms with van der Waals surface area (Å²) in [5.74, 6) is -0.161. The quantitative estimate of drug-likeness (QED) is 0.403. The number of aromatic nitrogens is 4. The van der Waals surface area contributed by atoms with E-state index < -0.39 is 0 Å². The zero-order valence-electron chi connectivity index (χ0n) is 17.3. The largest absolute Gasteiger partial charge is 0.300 e. The number of amides is 1. The molecule has 156 valence electrons. The van der Waals surface area contributed by atoms with Gasteiger partial charge in [0, 0.05) is 17.3 Å². The summed E-state index contributed by atoms with van der Waals surface area (Å²) in [5.41, 5.74) is 5.48. The van der Waals surface area contributed by atoms with Crippen LogP contribution in [-0.4, -0.2) is 26.1 Å². The van der Waals surface area contributed by atoms with Gasteiger partial charge in [0.05, 0.1) is 11.9 Å². The lowest BCUT2D eigenvalue weighted by atomic mass is 9.92. The number of rotatable bonds is 5. The number of carbonyl (C=O) groups is 1. The van der Waals surface area contributed by atoms with E-state index in [1.54, 1.807) is 6.20 Å². The van der Waals surface area contributed by atoms with Crippen LogP contribution < -0.4 is 5.32 Å². The predicted octanol–water partition coefficient (Wildman–Crippen LogP) is 5.30. The Morgan fingerprint density at radius 3 is 2.53 bits per heavy atom. The Labute approximate surface area is 189 Å². The molecule has 0 fully saturated rings. The summed E-state index contributed by atoms with van der Waals surface area (Å²) in [7, 11) is 0. The number of benzene rings is 2. The molecule has 1 N–H and O–H groups in total. The van der Waals surface area contributed by atoms with E-state index in [2.05, 4.69) is 38.7 Å². The lowest BCUT2D eigenvalue weighted by Gasteiger charge is -2.15. The molecular weight excluding hydrogens is 418 g/mol. The fourth-order valence-corrected chi connectivity index (χ4v) is 4.45. The van der Waals surface area contributed by atoms with Crippen LogP contribution in [0.3, 0.4) is 0 Å². The second-order valence-electron chi connectivity index (χ2n) is 7.29. The van der Waals surface area contributed by atoms with Crippen LogP contribution in [-0.2, 0) is 11.2 Å². The first-order valence-electron chi connectivity index (χ1n) is 10.2. The monoisotopic (exact) mass is 437 g/mol. The molecule has 0 aliphatic carbocycles. The van der Waals surface area contributed by atoms with Gasteiger partial charge in [-0.05, 0) is 41.8 Å². The molecule has 5 rings (SSSR count). The summed E-state index contributed by atoms with van der Waals surface area (Å²) in [6, 6.07) is 23.7. The van der Waals surface area contributed by atoms with E-state index >= 15 is 0 Å². The average molecular weight is 438 g/mol. The Morgan fingerprint density at radius 2 is 1.72 bits per heavy atom. The van der Waals surface area contributed by atoms with Gasteiger partial charge in [-0.3, -0.25) is 14.8 Å². The van der Waals surface area contributed by atoms with Crippen molar-refractivity contribution in [3.63, 3.8) is 0 Å². The Kier molecular flexibility index (Phi) is 5.39. The maximum atomic E-state index is 13.0. The molecule has 0 bridgehead atoms. The summed E-state index contributed by atoms with van der Waals surface area (Å²) in [5, 5.41) is 13.3. The zero-order valence-corrected chi connectivity index (χ0v) is 18.1. The number of anilines is 1. The van der Waals surface area contributed by atoms with Gasteiger partial charge in [-0.25, -0.2) is 0 Å². The maximum absolute atomic E-state index is 13.0. The third-order valence-corrected chi connectivity index (χ3v) is 6.02. The van der Waals surface area contributed by atoms with E-state index in [-0.39, 0.29) is 12.3 Å². The fraction of sp³-hybridized carbons (Fsp3) is 0.0800. The first-order valence-corrected chi connectivity index (χ1v) is 11.0. The number of hydrogen-bond donors (Lipinski definition) is 1. The smallest absolute Gasteiger partial charge is 0.230 e. The van der Waals surface area contributed by atoms with Crippen LogP contribution in [0.4, 0.5) is 5.13 Å². The van der Waals surface area contributed by atoms with Crippen LogP contribution >= 0.6 is 11.3 Å². The number of hydrogen-bond acceptors (Lipinski definition) is 6. The predicted molar refractivity (Wildman–Crippen MR) is 127 cm³/mol. The Morgan fingerprint density at radius 1 is 0.938 bits per heavy atom. The number of nitrogens with zero attached hydrogens (tertiary/aromatic N) is 4. The highest BCUT2D eigenvalue weighted by Gasteiger charge is 2.18. The van der Waals surface area contributed by atoms with Crippen LogP contribution in [0.15, 0.2) is 79.0 Å². The van der Waals surface area contributed by atoms with E-state index in [1.165, 1.54) is 11.3 Å². The minimum atomic E-state index is -0.161. The van der Waals surface area contributed by atoms with Gasteiger partial charge in [0.15, 0.2) is 5.01 Å². The van der Waals surface area contributed by atoms with E-state index in [4.69, 9.17) is 4.98 Å². The minimum absolute atomic E-state index is 0.161. The van der Waals surface area contributed by atoms with Gasteiger partial charge in [-0.2, -0.15) is 0 Å². The van der Waals surface area contributed by atoms with E-state index in [1.807, 2.05) is 61.5 Å². The van der Waals surface area contributed by atoms with Crippen molar-refractivity contribution in [2.75, 3.05) is 5.32 Å². The molecule has 0 aliphatic heterocycles. The molecule has 2 aromatic carbocycles. The summed E-state index contributed by atoms with van der Waals surface area (Å²) in [6.07, 6.45) is 1.89. The van der Waals surface area contributed by atoms with Gasteiger partial charge in [-0.1, -0.05) is 65.9 Å². The summed E-state index contributed by atoms with van der Waals surface area (Å²) >= 11 is 1.30. The summed E-state index contributed by atoms with van der Waals surface area (Å²) < 4.78 is 0. The average Bonchev–Trinajstić information content (AvgIpc) is 3.29. The standard InChI is InChI=1S/C25H19N5OS/c1-16-19(15-22(31)28-25-30-29-24(32-25)21-13-7-8-14-26-21)23(17-9-3-2-4-10-17)18-11-5-6-12-20(18)27-16/h2-14H,15H2,1H3,(H,28,30,31). The third-order valence-electron chi connectivity index (χ3n) is 5.16. The number of carbonyl (C=O) groups excluding carboxylic acids is 1. The molecule has 0 aliphatic rings. The molecule has 0 saturated carbocycles. The van der Waals surface area contributed by atoms with E-state index in [0.717, 1.165) is 39.0 Å². The van der Waals surface area contributed by atoms with Crippen LogP contribution in [0.25, 0.3) is 32.7 Å². The van der Waals surface area contributed by atoms with Crippen molar-refractivity contribution in [3.05, 3.63) is 90.3 Å². The van der Waals surface area contributed by atoms with Crippen molar-refractivity contribution in [2.24, 2.45) is 0 Å². The molecule has 0 unspecified atom stereocenters. The summed E-state index contributed by atoms with van der Waals surface area (Å²) in [6.45, 7) is 1.95. The number of nitrogens with one attached hydrogen (secondary N) is 1. The molecule has 0 spiro atoms. The molecule has 5 aromatic rings. The highest BCUT2D eigenvalue weighted by molar-refractivity contribution is 7.18. The summed E-state index contributed by atoms with van der Waals surface area (Å²) in [4.78, 5) is 22.0. The van der Waals surface area contributed by atoms with Crippen molar-refractivity contribution in [3.8, 4) is 21.8 Å². The van der Waals surface area contributed by atoms with Gasteiger partial charge in [0.2, 0.25) is 11.0 Å². The molecule has 1 amide bonds. The lowest BCUT2D eigenvalue weighted by molar-refractivity contribution is -0.115. The molecule has 0 saturated heterocycles.